The summed E-state index contributed by atoms with van der Waals surface area (Å²) in [5.74, 6) is -1.61. The van der Waals surface area contributed by atoms with E-state index in [-0.39, 0.29) is 87.8 Å². The SMILES string of the molecule is CCOC(=O)[C@@H]1CCN([C@H]2CC[C@@]3(C)C(CC[C@]4(C)[C@@H]3C(=O)C=C3[C@@H]5C[C@@](C)(C(=O)OCC[Si](C)(C)C)CC[C@]5(C)CC[C@]34C)[C@]2(C)C(=O)OCc2oc(=O)oc2C)C1. The molecule has 5 fully saturated rings. The van der Waals surface area contributed by atoms with Crippen molar-refractivity contribution in [1.82, 2.24) is 4.90 Å². The molecule has 12 heteroatoms. The van der Waals surface area contributed by atoms with Crippen LogP contribution in [0, 0.1) is 63.1 Å². The number of carbonyl (C=O) groups is 4. The molecule has 1 saturated heterocycles. The van der Waals surface area contributed by atoms with Crippen LogP contribution in [0.3, 0.4) is 0 Å². The molecule has 6 aliphatic rings. The molecule has 0 aromatic carbocycles. The van der Waals surface area contributed by atoms with Crippen molar-refractivity contribution >= 4 is 31.8 Å². The van der Waals surface area contributed by atoms with Gasteiger partial charge in [-0.2, -0.15) is 0 Å². The number of carbonyl (C=O) groups excluding carboxylic acids is 4. The molecule has 1 aromatic rings. The van der Waals surface area contributed by atoms with Gasteiger partial charge in [0, 0.05) is 26.6 Å². The van der Waals surface area contributed by atoms with Crippen LogP contribution in [0.15, 0.2) is 25.3 Å². The molecule has 11 atom stereocenters. The minimum atomic E-state index is -1.37. The van der Waals surface area contributed by atoms with Gasteiger partial charge in [-0.25, -0.2) is 4.79 Å². The lowest BCUT2D eigenvalue weighted by atomic mass is 9.33. The summed E-state index contributed by atoms with van der Waals surface area (Å²) in [6.45, 7) is 25.5. The Kier molecular flexibility index (Phi) is 11.3. The summed E-state index contributed by atoms with van der Waals surface area (Å²) in [4.78, 5) is 71.1. The van der Waals surface area contributed by atoms with E-state index in [9.17, 15) is 19.2 Å². The van der Waals surface area contributed by atoms with Gasteiger partial charge in [-0.3, -0.25) is 24.1 Å². The zero-order valence-electron chi connectivity index (χ0n) is 37.8. The Labute approximate surface area is 352 Å². The molecular weight excluding hydrogens is 767 g/mol. The molecule has 1 aliphatic heterocycles. The second-order valence-electron chi connectivity index (χ2n) is 22.3. The van der Waals surface area contributed by atoms with Gasteiger partial charge in [0.15, 0.2) is 23.9 Å². The number of hydrogen-bond acceptors (Lipinski definition) is 11. The first-order valence-electron chi connectivity index (χ1n) is 22.6. The number of hydrogen-bond donors (Lipinski definition) is 0. The van der Waals surface area contributed by atoms with Gasteiger partial charge in [0.2, 0.25) is 0 Å². The van der Waals surface area contributed by atoms with E-state index >= 15 is 4.79 Å². The van der Waals surface area contributed by atoms with E-state index in [0.717, 1.165) is 51.0 Å². The fourth-order valence-electron chi connectivity index (χ4n) is 13.8. The number of ether oxygens (including phenoxy) is 3. The van der Waals surface area contributed by atoms with E-state index in [1.807, 2.05) is 19.9 Å². The standard InChI is InChI=1S/C47H71NO10Si/c1-12-54-38(50)30-15-22-48(27-30)36-14-16-44(5)35(47(36,8)40(52)56-28-34-29(2)57-41(53)58-34)13-17-46(7)37(44)33(49)25-31-32-26-43(4,39(51)55-23-24-59(9,10)11)19-18-42(32,3)20-21-45(31,46)6/h25,30,32,35-37H,12-24,26-28H2,1-11H3/t30-,32+,35?,36+,37-,42-,43+,44+,45-,46-,47+/m1/s1. The Hall–Kier alpha value is -2.99. The minimum Gasteiger partial charge on any atom is -0.466 e. The number of nitrogens with zero attached hydrogens (tertiary/aromatic N) is 1. The van der Waals surface area contributed by atoms with Crippen molar-refractivity contribution in [2.75, 3.05) is 26.3 Å². The smallest absolute Gasteiger partial charge is 0.466 e. The van der Waals surface area contributed by atoms with Crippen molar-refractivity contribution in [3.63, 3.8) is 0 Å². The van der Waals surface area contributed by atoms with Gasteiger partial charge in [-0.1, -0.05) is 52.9 Å². The molecule has 11 nitrogen and oxygen atoms in total. The van der Waals surface area contributed by atoms with Crippen molar-refractivity contribution in [2.45, 2.75) is 158 Å². The third-order valence-electron chi connectivity index (χ3n) is 17.7. The van der Waals surface area contributed by atoms with Gasteiger partial charge >= 0.3 is 23.7 Å². The van der Waals surface area contributed by atoms with Crippen LogP contribution in [0.4, 0.5) is 0 Å². The summed E-state index contributed by atoms with van der Waals surface area (Å²) >= 11 is 0. The Balaban J connectivity index is 1.22. The molecular formula is C47H71NO10Si. The quantitative estimate of drug-likeness (QED) is 0.127. The van der Waals surface area contributed by atoms with E-state index in [2.05, 4.69) is 59.2 Å². The Bertz CT molecular complexity index is 1940. The third-order valence-corrected chi connectivity index (χ3v) is 19.4. The van der Waals surface area contributed by atoms with Crippen LogP contribution in [0.1, 0.15) is 124 Å². The molecule has 0 N–H and O–H groups in total. The van der Waals surface area contributed by atoms with Gasteiger partial charge in [-0.15, -0.1) is 0 Å². The second-order valence-corrected chi connectivity index (χ2v) is 27.9. The van der Waals surface area contributed by atoms with Crippen molar-refractivity contribution in [3.05, 3.63) is 33.8 Å². The summed E-state index contributed by atoms with van der Waals surface area (Å²) < 4.78 is 27.9. The lowest BCUT2D eigenvalue weighted by molar-refractivity contribution is -0.212. The predicted octanol–water partition coefficient (Wildman–Crippen LogP) is 8.68. The number of rotatable bonds is 10. The van der Waals surface area contributed by atoms with Gasteiger partial charge < -0.3 is 23.0 Å². The van der Waals surface area contributed by atoms with Gasteiger partial charge in [0.25, 0.3) is 0 Å². The number of ketones is 1. The first-order valence-corrected chi connectivity index (χ1v) is 26.3. The average Bonchev–Trinajstić information content (AvgIpc) is 3.77. The van der Waals surface area contributed by atoms with Gasteiger partial charge in [0.05, 0.1) is 30.0 Å². The number of esters is 3. The molecule has 1 aromatic heterocycles. The van der Waals surface area contributed by atoms with E-state index < -0.39 is 30.1 Å². The summed E-state index contributed by atoms with van der Waals surface area (Å²) in [7, 11) is -1.37. The van der Waals surface area contributed by atoms with Crippen LogP contribution >= 0.6 is 0 Å². The van der Waals surface area contributed by atoms with Crippen molar-refractivity contribution in [2.24, 2.45) is 56.2 Å². The van der Waals surface area contributed by atoms with Gasteiger partial charge in [-0.05, 0) is 144 Å². The Morgan fingerprint density at radius 3 is 2.24 bits per heavy atom. The highest BCUT2D eigenvalue weighted by atomic mass is 28.3. The topological polar surface area (TPSA) is 143 Å². The van der Waals surface area contributed by atoms with E-state index in [0.29, 0.717) is 45.6 Å². The predicted molar refractivity (Wildman–Crippen MR) is 225 cm³/mol. The molecule has 59 heavy (non-hydrogen) atoms. The van der Waals surface area contributed by atoms with Crippen LogP contribution in [-0.2, 0) is 40.0 Å². The lowest BCUT2D eigenvalue weighted by Gasteiger charge is -2.70. The molecule has 7 rings (SSSR count). The van der Waals surface area contributed by atoms with Crippen molar-refractivity contribution < 1.29 is 42.2 Å². The minimum absolute atomic E-state index is 0.00194. The highest BCUT2D eigenvalue weighted by molar-refractivity contribution is 6.76. The first-order chi connectivity index (χ1) is 27.5. The molecule has 0 radical (unpaired) electrons. The Morgan fingerprint density at radius 2 is 1.58 bits per heavy atom. The third kappa shape index (κ3) is 7.15. The van der Waals surface area contributed by atoms with Crippen LogP contribution in [0.2, 0.25) is 25.7 Å². The molecule has 2 heterocycles. The maximum absolute atomic E-state index is 15.3. The summed E-state index contributed by atoms with van der Waals surface area (Å²) in [6, 6.07) is 0.717. The van der Waals surface area contributed by atoms with E-state index in [4.69, 9.17) is 23.0 Å². The largest absolute Gasteiger partial charge is 0.519 e. The number of aryl methyl sites for hydroxylation is 1. The molecule has 0 spiro atoms. The monoisotopic (exact) mass is 837 g/mol. The molecule has 4 saturated carbocycles. The van der Waals surface area contributed by atoms with Crippen molar-refractivity contribution in [1.29, 1.82) is 0 Å². The molecule has 0 amide bonds. The molecule has 0 bridgehead atoms. The fourth-order valence-corrected chi connectivity index (χ4v) is 14.5. The molecule has 5 aliphatic carbocycles. The van der Waals surface area contributed by atoms with Crippen molar-refractivity contribution in [3.8, 4) is 0 Å². The number of fused-ring (bicyclic) bond motifs is 7. The highest BCUT2D eigenvalue weighted by Crippen LogP contribution is 2.75. The highest BCUT2D eigenvalue weighted by Gasteiger charge is 2.72. The van der Waals surface area contributed by atoms with Crippen LogP contribution in [0.5, 0.6) is 0 Å². The maximum atomic E-state index is 15.3. The molecule has 328 valence electrons. The zero-order valence-corrected chi connectivity index (χ0v) is 38.8. The normalized spacial score (nSPS) is 40.8. The fraction of sp³-hybridized carbons (Fsp3) is 0.809. The first kappa shape index (κ1) is 44.1. The van der Waals surface area contributed by atoms with Crippen LogP contribution in [0.25, 0.3) is 0 Å². The maximum Gasteiger partial charge on any atom is 0.519 e. The number of allylic oxidation sites excluding steroid dienone is 2. The zero-order chi connectivity index (χ0) is 43.1. The van der Waals surface area contributed by atoms with Crippen LogP contribution in [-0.4, -0.2) is 69.0 Å². The number of likely N-dealkylation sites (tertiary alicyclic amines) is 1. The summed E-state index contributed by atoms with van der Waals surface area (Å²) in [5.41, 5.74) is -1.58. The average molecular weight is 838 g/mol. The lowest BCUT2D eigenvalue weighted by Crippen LogP contribution is -2.69. The summed E-state index contributed by atoms with van der Waals surface area (Å²) in [5, 5.41) is 0. The molecule has 1 unspecified atom stereocenters. The van der Waals surface area contributed by atoms with E-state index in [1.54, 1.807) is 6.92 Å². The Morgan fingerprint density at radius 1 is 0.864 bits per heavy atom. The second kappa shape index (κ2) is 15.1. The van der Waals surface area contributed by atoms with Crippen LogP contribution < -0.4 is 5.82 Å². The van der Waals surface area contributed by atoms with E-state index in [1.165, 1.54) is 5.57 Å². The van der Waals surface area contributed by atoms with Gasteiger partial charge in [0.1, 0.15) is 0 Å². The summed E-state index contributed by atoms with van der Waals surface area (Å²) in [6.07, 6.45) is 10.0.